The minimum atomic E-state index is -1.05. The monoisotopic (exact) mass is 583 g/mol. The number of aliphatic carboxylic acids is 1. The quantitative estimate of drug-likeness (QED) is 0.263. The van der Waals surface area contributed by atoms with Crippen LogP contribution in [0.25, 0.3) is 11.1 Å². The number of carboxylic acid groups (broad SMARTS) is 1. The Bertz CT molecular complexity index is 1310. The number of aliphatic hydroxyl groups is 1. The van der Waals surface area contributed by atoms with Gasteiger partial charge in [0.1, 0.15) is 6.04 Å². The Morgan fingerprint density at radius 1 is 1.00 bits per heavy atom. The predicted octanol–water partition coefficient (Wildman–Crippen LogP) is 3.68. The molecule has 1 amide bonds. The molecule has 0 saturated heterocycles. The molecule has 3 N–H and O–H groups in total. The Kier molecular flexibility index (Phi) is 13.6. The summed E-state index contributed by atoms with van der Waals surface area (Å²) < 4.78 is 0. The maximum absolute atomic E-state index is 13.4. The third-order valence-corrected chi connectivity index (χ3v) is 8.97. The van der Waals surface area contributed by atoms with E-state index >= 15 is 0 Å². The Morgan fingerprint density at radius 3 is 2.43 bits per heavy atom. The molecule has 2 unspecified atom stereocenters. The zero-order valence-corrected chi connectivity index (χ0v) is 25.8. The molecular weight excluding hydrogens is 541 g/mol. The van der Waals surface area contributed by atoms with Gasteiger partial charge in [0.15, 0.2) is 0 Å². The van der Waals surface area contributed by atoms with E-state index in [2.05, 4.69) is 15.5 Å². The first-order valence-corrected chi connectivity index (χ1v) is 16.0. The van der Waals surface area contributed by atoms with Gasteiger partial charge in [-0.2, -0.15) is 22.0 Å². The second kappa shape index (κ2) is 16.9. The van der Waals surface area contributed by atoms with Crippen molar-refractivity contribution in [2.45, 2.75) is 76.4 Å². The van der Waals surface area contributed by atoms with Crippen LogP contribution in [0.1, 0.15) is 91.9 Å². The predicted molar refractivity (Wildman–Crippen MR) is 165 cm³/mol. The number of aliphatic hydroxyl groups excluding tert-OH is 1. The number of aromatic nitrogens is 2. The molecule has 1 saturated carbocycles. The van der Waals surface area contributed by atoms with Crippen molar-refractivity contribution in [1.29, 1.82) is 0 Å². The molecule has 3 aromatic rings. The minimum Gasteiger partial charge on any atom is -1.00 e. The Morgan fingerprint density at radius 2 is 1.76 bits per heavy atom. The summed E-state index contributed by atoms with van der Waals surface area (Å²) in [6.45, 7) is 1.98. The molecule has 1 aliphatic carbocycles. The molecule has 0 aliphatic heterocycles. The van der Waals surface area contributed by atoms with E-state index in [-0.39, 0.29) is 20.3 Å². The van der Waals surface area contributed by atoms with E-state index in [1.807, 2.05) is 55.8 Å². The molecule has 1 aliphatic rings. The molecule has 7 nitrogen and oxygen atoms in total. The molecule has 0 radical (unpaired) electrons. The normalized spacial score (nSPS) is 15.7. The van der Waals surface area contributed by atoms with Gasteiger partial charge in [-0.25, -0.2) is 4.79 Å². The van der Waals surface area contributed by atoms with E-state index in [4.69, 9.17) is 0 Å². The summed E-state index contributed by atoms with van der Waals surface area (Å²) in [5.41, 5.74) is 4.88. The van der Waals surface area contributed by atoms with Gasteiger partial charge in [-0.3, -0.25) is 4.79 Å². The van der Waals surface area contributed by atoms with Gasteiger partial charge in [-0.05, 0) is 109 Å². The number of nitrogens with zero attached hydrogens (tertiary/aromatic N) is 2. The summed E-state index contributed by atoms with van der Waals surface area (Å²) in [6.07, 6.45) is 12.7. The molecule has 1 aromatic heterocycles. The number of rotatable bonds is 13. The zero-order valence-electron chi connectivity index (χ0n) is 26.0. The first-order chi connectivity index (χ1) is 19.9. The Balaban J connectivity index is 0.00000323. The van der Waals surface area contributed by atoms with Crippen molar-refractivity contribution in [2.75, 3.05) is 12.0 Å². The third-order valence-electron chi connectivity index (χ3n) is 8.33. The number of benzene rings is 2. The van der Waals surface area contributed by atoms with E-state index < -0.39 is 24.0 Å². The van der Waals surface area contributed by atoms with Crippen LogP contribution in [0.4, 0.5) is 0 Å². The van der Waals surface area contributed by atoms with E-state index in [1.165, 1.54) is 37.7 Å². The SMILES string of the molecule is CSCC[C@H](NC(=O)c1ccc(C(O)CCC(c2ccnnc2)C2CCCCC2)cc1-c1ccccc1C)C(=O)O.[H-].[Li+]. The van der Waals surface area contributed by atoms with Gasteiger partial charge in [0, 0.05) is 11.8 Å². The second-order valence-corrected chi connectivity index (χ2v) is 12.0. The van der Waals surface area contributed by atoms with Gasteiger partial charge in [-0.15, -0.1) is 0 Å². The molecule has 1 heterocycles. The van der Waals surface area contributed by atoms with Gasteiger partial charge < -0.3 is 17.0 Å². The fourth-order valence-corrected chi connectivity index (χ4v) is 6.50. The summed E-state index contributed by atoms with van der Waals surface area (Å²) in [6, 6.07) is 14.3. The first-order valence-electron chi connectivity index (χ1n) is 14.6. The largest absolute Gasteiger partial charge is 1.00 e. The number of carbonyl (C=O) groups is 2. The molecule has 9 heteroatoms. The summed E-state index contributed by atoms with van der Waals surface area (Å²) in [4.78, 5) is 25.2. The van der Waals surface area contributed by atoms with Crippen molar-refractivity contribution < 1.29 is 40.1 Å². The van der Waals surface area contributed by atoms with E-state index in [9.17, 15) is 19.8 Å². The summed E-state index contributed by atoms with van der Waals surface area (Å²) in [5.74, 6) is 0.0384. The molecule has 0 spiro atoms. The molecule has 1 fully saturated rings. The van der Waals surface area contributed by atoms with Crippen LogP contribution in [0, 0.1) is 12.8 Å². The molecular formula is C33H42LiN3O4S. The summed E-state index contributed by atoms with van der Waals surface area (Å²) in [5, 5.41) is 31.9. The fraction of sp³-hybridized carbons (Fsp3) is 0.455. The van der Waals surface area contributed by atoms with Crippen LogP contribution in [0.15, 0.2) is 60.9 Å². The van der Waals surface area contributed by atoms with E-state index in [0.717, 1.165) is 23.1 Å². The molecule has 220 valence electrons. The first kappa shape index (κ1) is 33.9. The number of carbonyl (C=O) groups excluding carboxylic acids is 1. The molecule has 42 heavy (non-hydrogen) atoms. The van der Waals surface area contributed by atoms with Crippen molar-refractivity contribution >= 4 is 23.6 Å². The van der Waals surface area contributed by atoms with Crippen LogP contribution < -0.4 is 24.2 Å². The van der Waals surface area contributed by atoms with Gasteiger partial charge in [0.25, 0.3) is 5.91 Å². The number of hydrogen-bond donors (Lipinski definition) is 3. The van der Waals surface area contributed by atoms with E-state index in [0.29, 0.717) is 41.6 Å². The third kappa shape index (κ3) is 8.94. The average molecular weight is 584 g/mol. The molecule has 2 aromatic carbocycles. The Hall–Kier alpha value is -2.63. The minimum absolute atomic E-state index is 0. The number of thioether (sulfide) groups is 1. The van der Waals surface area contributed by atoms with Crippen LogP contribution in [0.3, 0.4) is 0 Å². The fourth-order valence-electron chi connectivity index (χ4n) is 6.03. The van der Waals surface area contributed by atoms with Crippen molar-refractivity contribution in [1.82, 2.24) is 15.5 Å². The molecule has 3 atom stereocenters. The van der Waals surface area contributed by atoms with Crippen molar-refractivity contribution in [3.8, 4) is 11.1 Å². The average Bonchev–Trinajstić information content (AvgIpc) is 3.00. The number of hydrogen-bond acceptors (Lipinski definition) is 6. The van der Waals surface area contributed by atoms with Gasteiger partial charge in [0.2, 0.25) is 0 Å². The second-order valence-electron chi connectivity index (χ2n) is 11.0. The van der Waals surface area contributed by atoms with Gasteiger partial charge in [0.05, 0.1) is 12.3 Å². The zero-order chi connectivity index (χ0) is 29.2. The van der Waals surface area contributed by atoms with Gasteiger partial charge in [-0.1, -0.05) is 49.6 Å². The number of amides is 1. The smallest absolute Gasteiger partial charge is 1.00 e. The number of nitrogens with one attached hydrogen (secondary N) is 1. The Labute approximate surface area is 267 Å². The van der Waals surface area contributed by atoms with Crippen molar-refractivity contribution in [3.63, 3.8) is 0 Å². The van der Waals surface area contributed by atoms with Crippen LogP contribution >= 0.6 is 11.8 Å². The van der Waals surface area contributed by atoms with Crippen LogP contribution in [0.5, 0.6) is 0 Å². The maximum Gasteiger partial charge on any atom is 1.00 e. The van der Waals surface area contributed by atoms with Crippen molar-refractivity contribution in [2.24, 2.45) is 5.92 Å². The van der Waals surface area contributed by atoms with E-state index in [1.54, 1.807) is 30.1 Å². The van der Waals surface area contributed by atoms with Crippen LogP contribution in [-0.4, -0.2) is 50.3 Å². The maximum atomic E-state index is 13.4. The number of carboxylic acids is 1. The molecule has 0 bridgehead atoms. The topological polar surface area (TPSA) is 112 Å². The standard InChI is InChI=1S/C33H41N3O4S.Li.H/c1-22-8-6-7-11-26(22)29-20-24(12-13-28(29)32(38)36-30(33(39)40)17-19-41-2)31(37)15-14-27(23-9-4-3-5-10-23)25-16-18-34-35-21-25;;/h6-8,11-13,16,18,20-21,23,27,30-31,37H,3-5,9-10,14-15,17,19H2,1-2H3,(H,36,38)(H,39,40);;/q;+1;-1/t27?,30-,31?;;/m0../s1. The van der Waals surface area contributed by atoms with Crippen LogP contribution in [-0.2, 0) is 4.79 Å². The summed E-state index contributed by atoms with van der Waals surface area (Å²) in [7, 11) is 0. The van der Waals surface area contributed by atoms with Crippen LogP contribution in [0.2, 0.25) is 0 Å². The molecule has 4 rings (SSSR count). The summed E-state index contributed by atoms with van der Waals surface area (Å²) >= 11 is 1.54. The number of aryl methyl sites for hydroxylation is 1. The van der Waals surface area contributed by atoms with Gasteiger partial charge >= 0.3 is 24.8 Å². The van der Waals surface area contributed by atoms with Crippen molar-refractivity contribution in [3.05, 3.63) is 83.2 Å².